The molecule has 1 atom stereocenters. The van der Waals surface area contributed by atoms with Gasteiger partial charge in [0.15, 0.2) is 5.11 Å². The molecule has 2 N–H and O–H groups in total. The van der Waals surface area contributed by atoms with Crippen LogP contribution in [0.2, 0.25) is 0 Å². The molecule has 0 radical (unpaired) electrons. The minimum absolute atomic E-state index is 0.527. The van der Waals surface area contributed by atoms with E-state index in [0.29, 0.717) is 23.1 Å². The number of nitrogens with one attached hydrogen (secondary N) is 2. The van der Waals surface area contributed by atoms with Crippen LogP contribution in [0.4, 0.5) is 17.6 Å². The predicted octanol–water partition coefficient (Wildman–Crippen LogP) is 2.90. The van der Waals surface area contributed by atoms with Crippen LogP contribution in [0.3, 0.4) is 0 Å². The molecule has 6 nitrogen and oxygen atoms in total. The maximum atomic E-state index is 5.42. The van der Waals surface area contributed by atoms with Gasteiger partial charge in [0.25, 0.3) is 0 Å². The minimum atomic E-state index is 0.527. The third-order valence-corrected chi connectivity index (χ3v) is 5.58. The van der Waals surface area contributed by atoms with Crippen molar-refractivity contribution in [1.29, 1.82) is 0 Å². The van der Waals surface area contributed by atoms with Gasteiger partial charge in [0, 0.05) is 37.8 Å². The summed E-state index contributed by atoms with van der Waals surface area (Å²) in [5, 5.41) is 7.17. The Labute approximate surface area is 155 Å². The summed E-state index contributed by atoms with van der Waals surface area (Å²) in [6.07, 6.45) is 8.65. The van der Waals surface area contributed by atoms with Crippen molar-refractivity contribution >= 4 is 34.9 Å². The molecule has 0 amide bonds. The van der Waals surface area contributed by atoms with E-state index >= 15 is 0 Å². The fourth-order valence-corrected chi connectivity index (χ4v) is 3.98. The molecule has 1 saturated carbocycles. The number of hydrogen-bond donors (Lipinski definition) is 2. The van der Waals surface area contributed by atoms with Gasteiger partial charge in [-0.1, -0.05) is 0 Å². The van der Waals surface area contributed by atoms with E-state index in [4.69, 9.17) is 22.2 Å². The summed E-state index contributed by atoms with van der Waals surface area (Å²) in [6, 6.07) is 3.22. The zero-order valence-electron chi connectivity index (χ0n) is 15.0. The van der Waals surface area contributed by atoms with Crippen molar-refractivity contribution in [3.8, 4) is 0 Å². The quantitative estimate of drug-likeness (QED) is 0.801. The van der Waals surface area contributed by atoms with E-state index < -0.39 is 0 Å². The van der Waals surface area contributed by atoms with Crippen LogP contribution in [0.1, 0.15) is 51.9 Å². The van der Waals surface area contributed by atoms with Crippen molar-refractivity contribution in [3.05, 3.63) is 6.07 Å². The summed E-state index contributed by atoms with van der Waals surface area (Å²) in [5.74, 6) is 2.67. The van der Waals surface area contributed by atoms with Gasteiger partial charge in [-0.15, -0.1) is 0 Å². The molecule has 2 aliphatic heterocycles. The summed E-state index contributed by atoms with van der Waals surface area (Å²) >= 11 is 5.42. The molecule has 4 rings (SSSR count). The molecule has 1 aromatic rings. The first kappa shape index (κ1) is 16.8. The molecule has 0 bridgehead atoms. The van der Waals surface area contributed by atoms with Gasteiger partial charge in [0.1, 0.15) is 11.6 Å². The van der Waals surface area contributed by atoms with Gasteiger partial charge in [-0.2, -0.15) is 9.97 Å². The van der Waals surface area contributed by atoms with Crippen LogP contribution in [-0.4, -0.2) is 46.8 Å². The third kappa shape index (κ3) is 4.14. The number of thiocarbonyl (C=S) groups is 1. The second-order valence-electron chi connectivity index (χ2n) is 7.51. The van der Waals surface area contributed by atoms with Crippen molar-refractivity contribution in [2.45, 2.75) is 64.0 Å². The predicted molar refractivity (Wildman–Crippen MR) is 107 cm³/mol. The third-order valence-electron chi connectivity index (χ3n) is 5.36. The van der Waals surface area contributed by atoms with Gasteiger partial charge in [-0.05, 0) is 64.1 Å². The fourth-order valence-electron chi connectivity index (χ4n) is 3.72. The Morgan fingerprint density at radius 1 is 1.04 bits per heavy atom. The van der Waals surface area contributed by atoms with Crippen LogP contribution >= 0.6 is 12.2 Å². The lowest BCUT2D eigenvalue weighted by atomic mass is 10.0. The SMILES string of the molecule is C[C@@H]1CCCCN1c1cc(N2CCCC2)nc(NC(=S)NC2CC2)n1. The minimum Gasteiger partial charge on any atom is -0.360 e. The van der Waals surface area contributed by atoms with Crippen LogP contribution in [0.25, 0.3) is 0 Å². The summed E-state index contributed by atoms with van der Waals surface area (Å²) in [4.78, 5) is 14.3. The largest absolute Gasteiger partial charge is 0.360 e. The smallest absolute Gasteiger partial charge is 0.232 e. The van der Waals surface area contributed by atoms with E-state index in [0.717, 1.165) is 31.3 Å². The number of rotatable bonds is 4. The molecule has 1 aromatic heterocycles. The fraction of sp³-hybridized carbons (Fsp3) is 0.722. The molecule has 0 unspecified atom stereocenters. The van der Waals surface area contributed by atoms with Crippen LogP contribution in [-0.2, 0) is 0 Å². The molecule has 136 valence electrons. The van der Waals surface area contributed by atoms with Crippen molar-refractivity contribution in [1.82, 2.24) is 15.3 Å². The molecule has 3 aliphatic rings. The van der Waals surface area contributed by atoms with Gasteiger partial charge < -0.3 is 20.4 Å². The zero-order chi connectivity index (χ0) is 17.2. The first-order valence-corrected chi connectivity index (χ1v) is 10.1. The van der Waals surface area contributed by atoms with E-state index in [9.17, 15) is 0 Å². The number of hydrogen-bond acceptors (Lipinski definition) is 5. The monoisotopic (exact) mass is 360 g/mol. The molecule has 0 aromatic carbocycles. The first-order valence-electron chi connectivity index (χ1n) is 9.67. The topological polar surface area (TPSA) is 56.3 Å². The molecular formula is C18H28N6S. The average molecular weight is 361 g/mol. The lowest BCUT2D eigenvalue weighted by molar-refractivity contribution is 0.481. The molecule has 2 saturated heterocycles. The van der Waals surface area contributed by atoms with Crippen molar-refractivity contribution in [2.24, 2.45) is 0 Å². The standard InChI is InChI=1S/C18H28N6S/c1-13-6-2-3-11-24(13)16-12-15(23-9-4-5-10-23)20-17(21-16)22-18(25)19-14-7-8-14/h12-14H,2-11H2,1H3,(H2,19,20,21,22,25)/t13-/m1/s1. The van der Waals surface area contributed by atoms with Crippen molar-refractivity contribution in [3.63, 3.8) is 0 Å². The number of aromatic nitrogens is 2. The first-order chi connectivity index (χ1) is 12.2. The highest BCUT2D eigenvalue weighted by atomic mass is 32.1. The maximum Gasteiger partial charge on any atom is 0.232 e. The maximum absolute atomic E-state index is 5.42. The normalized spacial score (nSPS) is 23.6. The second-order valence-corrected chi connectivity index (χ2v) is 7.92. The van der Waals surface area contributed by atoms with Gasteiger partial charge in [0.05, 0.1) is 0 Å². The van der Waals surface area contributed by atoms with E-state index in [-0.39, 0.29) is 0 Å². The average Bonchev–Trinajstić information content (AvgIpc) is 3.24. The Balaban J connectivity index is 1.58. The molecule has 1 aliphatic carbocycles. The van der Waals surface area contributed by atoms with Crippen LogP contribution in [0.15, 0.2) is 6.07 Å². The molecule has 0 spiro atoms. The van der Waals surface area contributed by atoms with Gasteiger partial charge in [-0.25, -0.2) is 0 Å². The van der Waals surface area contributed by atoms with Crippen LogP contribution < -0.4 is 20.4 Å². The molecule has 3 fully saturated rings. The van der Waals surface area contributed by atoms with E-state index in [1.165, 1.54) is 44.9 Å². The summed E-state index contributed by atoms with van der Waals surface area (Å²) in [7, 11) is 0. The Bertz CT molecular complexity index is 626. The number of anilines is 3. The lowest BCUT2D eigenvalue weighted by Gasteiger charge is -2.35. The highest BCUT2D eigenvalue weighted by Gasteiger charge is 2.24. The zero-order valence-corrected chi connectivity index (χ0v) is 15.8. The van der Waals surface area contributed by atoms with Gasteiger partial charge >= 0.3 is 0 Å². The summed E-state index contributed by atoms with van der Waals surface area (Å²) in [5.41, 5.74) is 0. The summed E-state index contributed by atoms with van der Waals surface area (Å²) in [6.45, 7) is 5.53. The van der Waals surface area contributed by atoms with Crippen LogP contribution in [0, 0.1) is 0 Å². The van der Waals surface area contributed by atoms with Crippen molar-refractivity contribution in [2.75, 3.05) is 34.8 Å². The molecule has 25 heavy (non-hydrogen) atoms. The second kappa shape index (κ2) is 7.32. The van der Waals surface area contributed by atoms with Crippen molar-refractivity contribution < 1.29 is 0 Å². The molecular weight excluding hydrogens is 332 g/mol. The Morgan fingerprint density at radius 3 is 2.48 bits per heavy atom. The molecule has 3 heterocycles. The Morgan fingerprint density at radius 2 is 1.76 bits per heavy atom. The van der Waals surface area contributed by atoms with E-state index in [2.05, 4.69) is 33.4 Å². The van der Waals surface area contributed by atoms with E-state index in [1.807, 2.05) is 0 Å². The Kier molecular flexibility index (Phi) is 4.92. The highest BCUT2D eigenvalue weighted by molar-refractivity contribution is 7.80. The van der Waals surface area contributed by atoms with E-state index in [1.54, 1.807) is 0 Å². The summed E-state index contributed by atoms with van der Waals surface area (Å²) < 4.78 is 0. The highest BCUT2D eigenvalue weighted by Crippen LogP contribution is 2.28. The Hall–Kier alpha value is -1.63. The van der Waals surface area contributed by atoms with Gasteiger partial charge in [0.2, 0.25) is 5.95 Å². The number of nitrogens with zero attached hydrogens (tertiary/aromatic N) is 4. The lowest BCUT2D eigenvalue weighted by Crippen LogP contribution is -2.38. The van der Waals surface area contributed by atoms with Crippen LogP contribution in [0.5, 0.6) is 0 Å². The number of piperidine rings is 1. The molecule has 7 heteroatoms. The van der Waals surface area contributed by atoms with Gasteiger partial charge in [-0.3, -0.25) is 0 Å².